The third-order valence-electron chi connectivity index (χ3n) is 7.72. The van der Waals surface area contributed by atoms with Crippen molar-refractivity contribution in [3.63, 3.8) is 0 Å². The van der Waals surface area contributed by atoms with E-state index in [9.17, 15) is 19.0 Å². The van der Waals surface area contributed by atoms with Gasteiger partial charge in [-0.1, -0.05) is 24.5 Å². The summed E-state index contributed by atoms with van der Waals surface area (Å²) in [5.41, 5.74) is 11.4. The zero-order valence-electron chi connectivity index (χ0n) is 23.5. The van der Waals surface area contributed by atoms with E-state index in [1.54, 1.807) is 12.3 Å². The van der Waals surface area contributed by atoms with Gasteiger partial charge in [0.15, 0.2) is 23.6 Å². The van der Waals surface area contributed by atoms with Gasteiger partial charge < -0.3 is 35.4 Å². The van der Waals surface area contributed by atoms with Gasteiger partial charge in [-0.2, -0.15) is 4.98 Å². The van der Waals surface area contributed by atoms with Gasteiger partial charge in [0.1, 0.15) is 54.4 Å². The number of H-pyrrole nitrogens is 1. The molecular formula is C22H27N9O11P2S2. The van der Waals surface area contributed by atoms with Crippen LogP contribution in [0.3, 0.4) is 0 Å². The largest absolute Gasteiger partial charge is 0.386 e. The fourth-order valence-corrected chi connectivity index (χ4v) is 8.65. The molecule has 0 radical (unpaired) electrons. The first kappa shape index (κ1) is 32.0. The number of anilines is 2. The molecule has 3 aliphatic rings. The van der Waals surface area contributed by atoms with E-state index in [0.717, 1.165) is 0 Å². The SMILES string of the molecule is COC1C2OP(=O)(S)OC[C@H]3O[C@@H](n4ccc5c(N)ncnc54)C(O)C3OP(=O)(S)OC[C@H]1O[C@H]2n1cnc2c(=O)[nH]c(N)nc21. The second-order valence-corrected chi connectivity index (χ2v) is 16.2. The van der Waals surface area contributed by atoms with E-state index in [1.807, 2.05) is 0 Å². The summed E-state index contributed by atoms with van der Waals surface area (Å²) in [7, 11) is 1.34. The summed E-state index contributed by atoms with van der Waals surface area (Å²) in [6.45, 7) is -9.53. The van der Waals surface area contributed by atoms with E-state index in [0.29, 0.717) is 11.0 Å². The van der Waals surface area contributed by atoms with Gasteiger partial charge in [-0.15, -0.1) is 0 Å². The number of imidazole rings is 1. The highest BCUT2D eigenvalue weighted by molar-refractivity contribution is 8.44. The molecule has 20 nitrogen and oxygen atoms in total. The summed E-state index contributed by atoms with van der Waals surface area (Å²) < 4.78 is 70.8. The van der Waals surface area contributed by atoms with Gasteiger partial charge in [0.2, 0.25) is 5.95 Å². The first-order valence-electron chi connectivity index (χ1n) is 13.5. The monoisotopic (exact) mass is 719 g/mol. The van der Waals surface area contributed by atoms with Crippen molar-refractivity contribution >= 4 is 72.1 Å². The smallest absolute Gasteiger partial charge is 0.386 e. The van der Waals surface area contributed by atoms with Crippen LogP contribution in [0, 0.1) is 0 Å². The molecule has 10 atom stereocenters. The molecule has 46 heavy (non-hydrogen) atoms. The van der Waals surface area contributed by atoms with Gasteiger partial charge in [-0.3, -0.25) is 32.4 Å². The lowest BCUT2D eigenvalue weighted by atomic mass is 10.1. The average Bonchev–Trinajstić information content (AvgIpc) is 3.75. The number of nitrogens with one attached hydrogen (secondary N) is 1. The minimum atomic E-state index is -4.30. The predicted octanol–water partition coefficient (Wildman–Crippen LogP) is 0.793. The molecule has 4 aromatic heterocycles. The zero-order valence-corrected chi connectivity index (χ0v) is 27.1. The van der Waals surface area contributed by atoms with Crippen molar-refractivity contribution < 1.29 is 46.5 Å². The Morgan fingerprint density at radius 1 is 1.00 bits per heavy atom. The Bertz CT molecular complexity index is 1960. The lowest BCUT2D eigenvalue weighted by Crippen LogP contribution is -2.37. The fraction of sp³-hybridized carbons (Fsp3) is 0.500. The Morgan fingerprint density at radius 2 is 1.70 bits per heavy atom. The highest BCUT2D eigenvalue weighted by Crippen LogP contribution is 2.60. The van der Waals surface area contributed by atoms with E-state index in [1.165, 1.54) is 28.9 Å². The number of nitrogen functional groups attached to an aromatic ring is 2. The normalized spacial score (nSPS) is 37.1. The first-order valence-corrected chi connectivity index (χ1v) is 18.9. The van der Waals surface area contributed by atoms with Crippen molar-refractivity contribution in [2.75, 3.05) is 31.8 Å². The Kier molecular flexibility index (Phi) is 8.22. The van der Waals surface area contributed by atoms with Crippen molar-refractivity contribution in [2.45, 2.75) is 49.1 Å². The molecule has 248 valence electrons. The number of methoxy groups -OCH3 is 1. The number of thiol groups is 2. The molecule has 7 rings (SSSR count). The number of aromatic nitrogens is 7. The zero-order chi connectivity index (χ0) is 32.5. The van der Waals surface area contributed by atoms with E-state index in [2.05, 4.69) is 49.4 Å². The number of aliphatic hydroxyl groups excluding tert-OH is 1. The summed E-state index contributed by atoms with van der Waals surface area (Å²) in [6, 6.07) is 1.64. The number of ether oxygens (including phenoxy) is 3. The van der Waals surface area contributed by atoms with Gasteiger partial charge in [0.25, 0.3) is 5.56 Å². The van der Waals surface area contributed by atoms with Crippen molar-refractivity contribution in [3.05, 3.63) is 35.3 Å². The number of fused-ring (bicyclic) bond motifs is 5. The highest BCUT2D eigenvalue weighted by Gasteiger charge is 2.53. The second kappa shape index (κ2) is 11.8. The topological polar surface area (TPSA) is 265 Å². The molecule has 3 aliphatic heterocycles. The van der Waals surface area contributed by atoms with Crippen LogP contribution in [-0.4, -0.2) is 96.1 Å². The summed E-state index contributed by atoms with van der Waals surface area (Å²) in [5, 5.41) is 11.8. The Morgan fingerprint density at radius 3 is 2.43 bits per heavy atom. The van der Waals surface area contributed by atoms with Gasteiger partial charge in [0.05, 0.1) is 24.9 Å². The van der Waals surface area contributed by atoms with Crippen LogP contribution in [0.15, 0.2) is 29.7 Å². The van der Waals surface area contributed by atoms with E-state index < -0.39 is 81.4 Å². The standard InChI is InChI=1S/C22H27N9O11P2S2/c1-36-14-10-5-38-43(34,45)41-13-9(39-20(12(13)32)30-3-2-8-16(23)25-6-26-17(8)30)4-37-44(35,46)42-15(14)21(40-10)31-7-27-11-18(31)28-22(24)29-19(11)33/h2-3,6-7,9-10,12-15,20-21,32H,4-5H2,1H3,(H,34,45)(H,35,46)(H2,23,25,26)(H3,24,28,29,33)/t9-,10-,12?,13?,14?,15?,20-,21-,43?,44?/m1/s1. The third kappa shape index (κ3) is 5.65. The molecule has 3 fully saturated rings. The van der Waals surface area contributed by atoms with Crippen LogP contribution in [0.25, 0.3) is 22.2 Å². The lowest BCUT2D eigenvalue weighted by Gasteiger charge is -2.27. The number of nitrogens with zero attached hydrogens (tertiary/aromatic N) is 6. The minimum absolute atomic E-state index is 0.0299. The molecular weight excluding hydrogens is 692 g/mol. The van der Waals surface area contributed by atoms with Crippen LogP contribution in [0.1, 0.15) is 12.5 Å². The number of aliphatic hydroxyl groups is 1. The van der Waals surface area contributed by atoms with E-state index >= 15 is 0 Å². The van der Waals surface area contributed by atoms with Gasteiger partial charge in [-0.05, 0) is 6.07 Å². The third-order valence-corrected chi connectivity index (χ3v) is 10.9. The molecule has 0 aliphatic carbocycles. The number of aromatic amines is 1. The highest BCUT2D eigenvalue weighted by atomic mass is 32.7. The Hall–Kier alpha value is -2.59. The van der Waals surface area contributed by atoms with Crippen LogP contribution in [-0.2, 0) is 41.4 Å². The van der Waals surface area contributed by atoms with Crippen LogP contribution in [0.2, 0.25) is 0 Å². The molecule has 0 saturated carbocycles. The quantitative estimate of drug-likeness (QED) is 0.126. The molecule has 0 amide bonds. The lowest BCUT2D eigenvalue weighted by molar-refractivity contribution is -0.0579. The van der Waals surface area contributed by atoms with Crippen molar-refractivity contribution in [2.24, 2.45) is 0 Å². The summed E-state index contributed by atoms with van der Waals surface area (Å²) in [6.07, 6.45) is -5.60. The summed E-state index contributed by atoms with van der Waals surface area (Å²) in [5.74, 6) is 0.0193. The number of rotatable bonds is 3. The number of nitrogens with two attached hydrogens (primary N) is 2. The molecule has 0 aromatic carbocycles. The number of hydrogen-bond donors (Lipinski definition) is 6. The predicted molar refractivity (Wildman–Crippen MR) is 164 cm³/mol. The van der Waals surface area contributed by atoms with Gasteiger partial charge >= 0.3 is 13.6 Å². The molecule has 7 heterocycles. The molecule has 4 aromatic rings. The van der Waals surface area contributed by atoms with Crippen LogP contribution < -0.4 is 17.0 Å². The Labute approximate surface area is 268 Å². The molecule has 6 unspecified atom stereocenters. The van der Waals surface area contributed by atoms with Crippen molar-refractivity contribution in [1.82, 2.24) is 34.1 Å². The summed E-state index contributed by atoms with van der Waals surface area (Å²) in [4.78, 5) is 31.2. The first-order chi connectivity index (χ1) is 21.9. The minimum Gasteiger partial charge on any atom is -0.386 e. The maximum absolute atomic E-state index is 13.7. The van der Waals surface area contributed by atoms with Crippen molar-refractivity contribution in [1.29, 1.82) is 0 Å². The Balaban J connectivity index is 1.22. The maximum atomic E-state index is 13.7. The van der Waals surface area contributed by atoms with Crippen LogP contribution in [0.4, 0.5) is 11.8 Å². The van der Waals surface area contributed by atoms with Crippen molar-refractivity contribution in [3.8, 4) is 0 Å². The van der Waals surface area contributed by atoms with E-state index in [-0.39, 0.29) is 22.9 Å². The van der Waals surface area contributed by atoms with Crippen LogP contribution >= 0.6 is 38.1 Å². The summed E-state index contributed by atoms with van der Waals surface area (Å²) >= 11 is 8.31. The second-order valence-electron chi connectivity index (χ2n) is 10.5. The average molecular weight is 720 g/mol. The van der Waals surface area contributed by atoms with Gasteiger partial charge in [0, 0.05) is 13.3 Å². The van der Waals surface area contributed by atoms with Gasteiger partial charge in [-0.25, -0.2) is 24.1 Å². The molecule has 0 spiro atoms. The maximum Gasteiger partial charge on any atom is 0.386 e. The molecule has 3 saturated heterocycles. The van der Waals surface area contributed by atoms with E-state index in [4.69, 9.17) is 43.8 Å². The molecule has 2 bridgehead atoms. The fourth-order valence-electron chi connectivity index (χ4n) is 5.71. The number of hydrogen-bond acceptors (Lipinski definition) is 17. The van der Waals surface area contributed by atoms with Crippen LogP contribution in [0.5, 0.6) is 0 Å². The molecule has 24 heteroatoms. The molecule has 6 N–H and O–H groups in total.